The van der Waals surface area contributed by atoms with E-state index < -0.39 is 10.0 Å². The van der Waals surface area contributed by atoms with Crippen LogP contribution in [0.5, 0.6) is 0 Å². The Hall–Kier alpha value is -2.02. The molecule has 3 aromatic heterocycles. The van der Waals surface area contributed by atoms with Gasteiger partial charge in [0.05, 0.1) is 6.54 Å². The summed E-state index contributed by atoms with van der Waals surface area (Å²) in [6, 6.07) is 0. The van der Waals surface area contributed by atoms with Gasteiger partial charge in [-0.2, -0.15) is 10.1 Å². The van der Waals surface area contributed by atoms with Crippen LogP contribution in [0.3, 0.4) is 0 Å². The van der Waals surface area contributed by atoms with E-state index in [-0.39, 0.29) is 17.4 Å². The fourth-order valence-corrected chi connectivity index (χ4v) is 3.80. The lowest BCUT2D eigenvalue weighted by Crippen LogP contribution is -2.26. The SMILES string of the molecule is Cn1cnc(CNS(=O)(=O)c2c(NN)nc3sccn23)n1. The number of nitrogens with one attached hydrogen (secondary N) is 2. The molecule has 0 saturated carbocycles. The summed E-state index contributed by atoms with van der Waals surface area (Å²) >= 11 is 1.31. The van der Waals surface area contributed by atoms with Crippen molar-refractivity contribution in [2.75, 3.05) is 5.43 Å². The van der Waals surface area contributed by atoms with Crippen LogP contribution >= 0.6 is 11.3 Å². The van der Waals surface area contributed by atoms with E-state index in [2.05, 4.69) is 25.2 Å². The van der Waals surface area contributed by atoms with E-state index in [1.165, 1.54) is 26.7 Å². The first-order chi connectivity index (χ1) is 10.0. The summed E-state index contributed by atoms with van der Waals surface area (Å²) in [5.74, 6) is 5.80. The lowest BCUT2D eigenvalue weighted by atomic mass is 10.6. The minimum atomic E-state index is -3.82. The van der Waals surface area contributed by atoms with Crippen LogP contribution < -0.4 is 16.0 Å². The maximum atomic E-state index is 12.4. The average molecular weight is 328 g/mol. The first-order valence-corrected chi connectivity index (χ1v) is 8.14. The van der Waals surface area contributed by atoms with Crippen LogP contribution in [0, 0.1) is 0 Å². The van der Waals surface area contributed by atoms with E-state index in [0.29, 0.717) is 10.8 Å². The number of nitrogen functional groups attached to an aromatic ring is 1. The maximum Gasteiger partial charge on any atom is 0.260 e. The van der Waals surface area contributed by atoms with Crippen LogP contribution in [0.1, 0.15) is 5.82 Å². The van der Waals surface area contributed by atoms with Gasteiger partial charge in [0, 0.05) is 18.6 Å². The number of sulfonamides is 1. The minimum absolute atomic E-state index is 0.0233. The molecule has 0 aliphatic heterocycles. The second kappa shape index (κ2) is 5.07. The number of imidazole rings is 1. The quantitative estimate of drug-likeness (QED) is 0.416. The molecule has 0 aromatic carbocycles. The van der Waals surface area contributed by atoms with E-state index in [1.807, 2.05) is 0 Å². The molecular formula is C9H12N8O2S2. The molecule has 0 atom stereocenters. The Morgan fingerprint density at radius 2 is 2.29 bits per heavy atom. The van der Waals surface area contributed by atoms with Crippen LogP contribution in [0.15, 0.2) is 22.9 Å². The van der Waals surface area contributed by atoms with Gasteiger partial charge in [0.25, 0.3) is 10.0 Å². The lowest BCUT2D eigenvalue weighted by Gasteiger charge is -2.05. The Morgan fingerprint density at radius 3 is 2.95 bits per heavy atom. The number of aryl methyl sites for hydroxylation is 1. The zero-order valence-corrected chi connectivity index (χ0v) is 12.5. The van der Waals surface area contributed by atoms with Crippen LogP contribution in [0.25, 0.3) is 4.96 Å². The summed E-state index contributed by atoms with van der Waals surface area (Å²) in [5.41, 5.74) is 2.30. The number of hydrazine groups is 1. The summed E-state index contributed by atoms with van der Waals surface area (Å²) in [5, 5.41) is 5.70. The van der Waals surface area contributed by atoms with E-state index in [1.54, 1.807) is 18.6 Å². The highest BCUT2D eigenvalue weighted by Crippen LogP contribution is 2.24. The van der Waals surface area contributed by atoms with Gasteiger partial charge in [0.2, 0.25) is 5.03 Å². The number of nitrogens with two attached hydrogens (primary N) is 1. The van der Waals surface area contributed by atoms with Crippen LogP contribution in [-0.2, 0) is 23.6 Å². The fourth-order valence-electron chi connectivity index (χ4n) is 1.81. The summed E-state index contributed by atoms with van der Waals surface area (Å²) < 4.78 is 30.3. The molecular weight excluding hydrogens is 316 g/mol. The number of thiazole rings is 1. The topological polar surface area (TPSA) is 132 Å². The largest absolute Gasteiger partial charge is 0.306 e. The number of hydrogen-bond donors (Lipinski definition) is 3. The van der Waals surface area contributed by atoms with Gasteiger partial charge in [-0.3, -0.25) is 9.08 Å². The predicted molar refractivity (Wildman–Crippen MR) is 75.9 cm³/mol. The van der Waals surface area contributed by atoms with Crippen molar-refractivity contribution in [3.8, 4) is 0 Å². The van der Waals surface area contributed by atoms with Crippen molar-refractivity contribution in [2.45, 2.75) is 11.6 Å². The van der Waals surface area contributed by atoms with Gasteiger partial charge in [-0.1, -0.05) is 0 Å². The molecule has 3 rings (SSSR count). The van der Waals surface area contributed by atoms with Crippen LogP contribution in [0.2, 0.25) is 0 Å². The van der Waals surface area contributed by atoms with Crippen LogP contribution in [-0.4, -0.2) is 32.6 Å². The van der Waals surface area contributed by atoms with E-state index in [9.17, 15) is 8.42 Å². The number of nitrogens with zero attached hydrogens (tertiary/aromatic N) is 5. The van der Waals surface area contributed by atoms with Gasteiger partial charge in [0.1, 0.15) is 6.33 Å². The Bertz CT molecular complexity index is 877. The van der Waals surface area contributed by atoms with Crippen molar-refractivity contribution in [1.82, 2.24) is 28.9 Å². The van der Waals surface area contributed by atoms with Gasteiger partial charge in [0.15, 0.2) is 16.6 Å². The highest BCUT2D eigenvalue weighted by molar-refractivity contribution is 7.89. The Labute approximate surface area is 123 Å². The molecule has 10 nitrogen and oxygen atoms in total. The molecule has 12 heteroatoms. The summed E-state index contributed by atoms with van der Waals surface area (Å²) in [6.07, 6.45) is 3.10. The molecule has 21 heavy (non-hydrogen) atoms. The third-order valence-corrected chi connectivity index (χ3v) is 4.86. The summed E-state index contributed by atoms with van der Waals surface area (Å²) in [6.45, 7) is -0.0233. The zero-order chi connectivity index (χ0) is 15.0. The van der Waals surface area contributed by atoms with Crippen molar-refractivity contribution < 1.29 is 8.42 Å². The Kier molecular flexibility index (Phi) is 3.36. The van der Waals surface area contributed by atoms with Crippen molar-refractivity contribution in [2.24, 2.45) is 12.9 Å². The second-order valence-electron chi connectivity index (χ2n) is 4.12. The van der Waals surface area contributed by atoms with E-state index in [4.69, 9.17) is 5.84 Å². The molecule has 0 radical (unpaired) electrons. The van der Waals surface area contributed by atoms with Gasteiger partial charge >= 0.3 is 0 Å². The first-order valence-electron chi connectivity index (χ1n) is 5.77. The molecule has 4 N–H and O–H groups in total. The molecule has 3 aromatic rings. The fraction of sp³-hybridized carbons (Fsp3) is 0.222. The molecule has 3 heterocycles. The molecule has 0 aliphatic carbocycles. The zero-order valence-electron chi connectivity index (χ0n) is 10.9. The van der Waals surface area contributed by atoms with Crippen molar-refractivity contribution in [3.63, 3.8) is 0 Å². The maximum absolute atomic E-state index is 12.4. The standard InChI is InChI=1S/C9H12N8O2S2/c1-16-5-11-6(15-16)4-12-21(18,19)8-7(14-10)13-9-17(8)2-3-20-9/h2-3,5,12,14H,4,10H2,1H3. The number of rotatable bonds is 5. The van der Waals surface area contributed by atoms with Gasteiger partial charge < -0.3 is 5.43 Å². The van der Waals surface area contributed by atoms with Gasteiger partial charge in [-0.05, 0) is 0 Å². The normalized spacial score (nSPS) is 12.1. The predicted octanol–water partition coefficient (Wildman–Crippen LogP) is -0.712. The molecule has 0 amide bonds. The molecule has 0 aliphatic rings. The number of fused-ring (bicyclic) bond motifs is 1. The smallest absolute Gasteiger partial charge is 0.260 e. The number of hydrogen-bond acceptors (Lipinski definition) is 8. The van der Waals surface area contributed by atoms with Crippen LogP contribution in [0.4, 0.5) is 5.82 Å². The van der Waals surface area contributed by atoms with Gasteiger partial charge in [-0.15, -0.1) is 11.3 Å². The lowest BCUT2D eigenvalue weighted by molar-refractivity contribution is 0.574. The van der Waals surface area contributed by atoms with Crippen molar-refractivity contribution >= 4 is 32.1 Å². The second-order valence-corrected chi connectivity index (χ2v) is 6.68. The highest BCUT2D eigenvalue weighted by atomic mass is 32.2. The number of anilines is 1. The van der Waals surface area contributed by atoms with E-state index in [0.717, 1.165) is 0 Å². The molecule has 0 unspecified atom stereocenters. The summed E-state index contributed by atoms with van der Waals surface area (Å²) in [4.78, 5) is 8.59. The number of aromatic nitrogens is 5. The molecule has 0 fully saturated rings. The minimum Gasteiger partial charge on any atom is -0.306 e. The third-order valence-electron chi connectivity index (χ3n) is 2.68. The molecule has 112 valence electrons. The first kappa shape index (κ1) is 13.9. The third kappa shape index (κ3) is 2.49. The average Bonchev–Trinajstić information content (AvgIpc) is 3.10. The molecule has 0 saturated heterocycles. The summed E-state index contributed by atoms with van der Waals surface area (Å²) in [7, 11) is -2.12. The molecule has 0 bridgehead atoms. The van der Waals surface area contributed by atoms with E-state index >= 15 is 0 Å². The monoisotopic (exact) mass is 328 g/mol. The Morgan fingerprint density at radius 1 is 1.48 bits per heavy atom. The van der Waals surface area contributed by atoms with Crippen molar-refractivity contribution in [1.29, 1.82) is 0 Å². The Balaban J connectivity index is 1.94. The van der Waals surface area contributed by atoms with Crippen molar-refractivity contribution in [3.05, 3.63) is 23.7 Å². The highest BCUT2D eigenvalue weighted by Gasteiger charge is 2.25. The van der Waals surface area contributed by atoms with Gasteiger partial charge in [-0.25, -0.2) is 24.0 Å². The molecule has 0 spiro atoms.